The van der Waals surface area contributed by atoms with Crippen LogP contribution in [0.4, 0.5) is 8.78 Å². The van der Waals surface area contributed by atoms with E-state index in [2.05, 4.69) is 22.9 Å². The summed E-state index contributed by atoms with van der Waals surface area (Å²) in [6, 6.07) is 19.7. The van der Waals surface area contributed by atoms with Crippen LogP contribution in [-0.2, 0) is 11.2 Å². The first-order chi connectivity index (χ1) is 15.1. The largest absolute Gasteiger partial charge is 0.385 e. The number of nitrogens with zero attached hydrogens (tertiary/aromatic N) is 1. The molecule has 31 heavy (non-hydrogen) atoms. The molecule has 4 rings (SSSR count). The number of hydrogen-bond acceptors (Lipinski definition) is 2. The zero-order chi connectivity index (χ0) is 21.6. The highest BCUT2D eigenvalue weighted by atomic mass is 19.2. The van der Waals surface area contributed by atoms with Gasteiger partial charge in [0.15, 0.2) is 11.6 Å². The molecule has 0 saturated carbocycles. The maximum Gasteiger partial charge on any atom is 0.166 e. The summed E-state index contributed by atoms with van der Waals surface area (Å²) in [6.45, 7) is 0.749. The van der Waals surface area contributed by atoms with E-state index in [0.717, 1.165) is 47.9 Å². The van der Waals surface area contributed by atoms with Crippen molar-refractivity contribution in [1.29, 1.82) is 0 Å². The van der Waals surface area contributed by atoms with Crippen LogP contribution in [0.15, 0.2) is 72.9 Å². The van der Waals surface area contributed by atoms with E-state index in [0.29, 0.717) is 5.39 Å². The number of pyridine rings is 1. The third-order valence-corrected chi connectivity index (χ3v) is 5.08. The summed E-state index contributed by atoms with van der Waals surface area (Å²) in [5.41, 5.74) is 4.75. The van der Waals surface area contributed by atoms with Crippen LogP contribution in [0.3, 0.4) is 0 Å². The van der Waals surface area contributed by atoms with Crippen molar-refractivity contribution in [3.8, 4) is 23.1 Å². The van der Waals surface area contributed by atoms with Crippen LogP contribution in [0, 0.1) is 23.5 Å². The minimum absolute atomic E-state index is 0.257. The molecule has 0 bridgehead atoms. The third kappa shape index (κ3) is 4.96. The van der Waals surface area contributed by atoms with Crippen molar-refractivity contribution in [2.75, 3.05) is 13.7 Å². The molecule has 0 spiro atoms. The lowest BCUT2D eigenvalue weighted by Crippen LogP contribution is -1.94. The molecule has 0 aliphatic heterocycles. The Morgan fingerprint density at radius 3 is 2.39 bits per heavy atom. The summed E-state index contributed by atoms with van der Waals surface area (Å²) in [5, 5.41) is 0.880. The van der Waals surface area contributed by atoms with E-state index < -0.39 is 11.6 Å². The second-order valence-corrected chi connectivity index (χ2v) is 7.27. The van der Waals surface area contributed by atoms with Gasteiger partial charge in [-0.3, -0.25) is 4.98 Å². The molecule has 0 N–H and O–H groups in total. The number of benzene rings is 3. The second-order valence-electron chi connectivity index (χ2n) is 7.27. The van der Waals surface area contributed by atoms with Crippen molar-refractivity contribution in [2.45, 2.75) is 12.8 Å². The molecule has 0 aliphatic rings. The number of fused-ring (bicyclic) bond motifs is 1. The van der Waals surface area contributed by atoms with Crippen molar-refractivity contribution >= 4 is 10.8 Å². The van der Waals surface area contributed by atoms with Gasteiger partial charge in [-0.25, -0.2) is 8.78 Å². The van der Waals surface area contributed by atoms with E-state index in [1.54, 1.807) is 31.4 Å². The predicted molar refractivity (Wildman–Crippen MR) is 120 cm³/mol. The van der Waals surface area contributed by atoms with E-state index in [1.165, 1.54) is 5.56 Å². The lowest BCUT2D eigenvalue weighted by Gasteiger charge is -2.04. The number of ether oxygens (including phenoxy) is 1. The highest BCUT2D eigenvalue weighted by Gasteiger charge is 2.06. The molecule has 0 saturated heterocycles. The molecule has 4 aromatic rings. The smallest absolute Gasteiger partial charge is 0.166 e. The standard InChI is InChI=1S/C27H21F2NO/c1-31-16-2-3-21-9-15-26(30-18-21)22-10-6-19(7-11-22)4-5-20-8-13-24-23(17-20)12-14-25(28)27(24)29/h6-15,17-18H,2-3,16H2,1H3. The summed E-state index contributed by atoms with van der Waals surface area (Å²) >= 11 is 0. The third-order valence-electron chi connectivity index (χ3n) is 5.08. The second kappa shape index (κ2) is 9.51. The number of halogens is 2. The van der Waals surface area contributed by atoms with Gasteiger partial charge in [0.25, 0.3) is 0 Å². The van der Waals surface area contributed by atoms with Gasteiger partial charge in [0, 0.05) is 42.0 Å². The van der Waals surface area contributed by atoms with Gasteiger partial charge in [-0.1, -0.05) is 42.2 Å². The number of hydrogen-bond donors (Lipinski definition) is 0. The van der Waals surface area contributed by atoms with Crippen LogP contribution in [0.1, 0.15) is 23.1 Å². The molecule has 0 aliphatic carbocycles. The molecule has 3 aromatic carbocycles. The van der Waals surface area contributed by atoms with Gasteiger partial charge in [-0.15, -0.1) is 0 Å². The minimum Gasteiger partial charge on any atom is -0.385 e. The van der Waals surface area contributed by atoms with Crippen LogP contribution in [0.5, 0.6) is 0 Å². The van der Waals surface area contributed by atoms with Crippen LogP contribution in [-0.4, -0.2) is 18.7 Å². The Kier molecular flexibility index (Phi) is 6.35. The normalized spacial score (nSPS) is 10.7. The number of aromatic nitrogens is 1. The van der Waals surface area contributed by atoms with E-state index in [-0.39, 0.29) is 5.39 Å². The monoisotopic (exact) mass is 413 g/mol. The molecule has 1 aromatic heterocycles. The van der Waals surface area contributed by atoms with E-state index >= 15 is 0 Å². The van der Waals surface area contributed by atoms with Gasteiger partial charge in [0.2, 0.25) is 0 Å². The fraction of sp³-hybridized carbons (Fsp3) is 0.148. The zero-order valence-electron chi connectivity index (χ0n) is 17.2. The molecule has 1 heterocycles. The molecule has 2 nitrogen and oxygen atoms in total. The summed E-state index contributed by atoms with van der Waals surface area (Å²) in [6.07, 6.45) is 3.84. The highest BCUT2D eigenvalue weighted by molar-refractivity contribution is 5.84. The molecular formula is C27H21F2NO. The van der Waals surface area contributed by atoms with Gasteiger partial charge in [-0.2, -0.15) is 0 Å². The molecule has 0 radical (unpaired) electrons. The average Bonchev–Trinajstić information content (AvgIpc) is 2.81. The van der Waals surface area contributed by atoms with E-state index in [1.807, 2.05) is 36.5 Å². The Morgan fingerprint density at radius 2 is 1.65 bits per heavy atom. The molecule has 4 heteroatoms. The van der Waals surface area contributed by atoms with Crippen LogP contribution >= 0.6 is 0 Å². The first-order valence-electron chi connectivity index (χ1n) is 10.1. The summed E-state index contributed by atoms with van der Waals surface area (Å²) in [5.74, 6) is 4.53. The van der Waals surface area contributed by atoms with Gasteiger partial charge < -0.3 is 4.74 Å². The SMILES string of the molecule is COCCCc1ccc(-c2ccc(C#Cc3ccc4c(F)c(F)ccc4c3)cc2)nc1. The van der Waals surface area contributed by atoms with Gasteiger partial charge >= 0.3 is 0 Å². The lowest BCUT2D eigenvalue weighted by atomic mass is 10.1. The quantitative estimate of drug-likeness (QED) is 0.289. The van der Waals surface area contributed by atoms with Crippen molar-refractivity contribution in [1.82, 2.24) is 4.98 Å². The van der Waals surface area contributed by atoms with E-state index in [9.17, 15) is 8.78 Å². The maximum absolute atomic E-state index is 13.8. The predicted octanol–water partition coefficient (Wildman–Crippen LogP) is 6.16. The summed E-state index contributed by atoms with van der Waals surface area (Å²) in [4.78, 5) is 4.56. The van der Waals surface area contributed by atoms with Gasteiger partial charge in [0.1, 0.15) is 0 Å². The van der Waals surface area contributed by atoms with Gasteiger partial charge in [0.05, 0.1) is 5.69 Å². The molecule has 154 valence electrons. The fourth-order valence-corrected chi connectivity index (χ4v) is 3.38. The summed E-state index contributed by atoms with van der Waals surface area (Å²) < 4.78 is 32.3. The Morgan fingerprint density at radius 1 is 0.871 bits per heavy atom. The number of rotatable bonds is 5. The number of aryl methyl sites for hydroxylation is 1. The van der Waals surface area contributed by atoms with Crippen LogP contribution < -0.4 is 0 Å². The first kappa shape index (κ1) is 20.7. The molecule has 0 atom stereocenters. The van der Waals surface area contributed by atoms with Crippen molar-refractivity contribution in [3.05, 3.63) is 101 Å². The average molecular weight is 413 g/mol. The Bertz CT molecular complexity index is 1250. The highest BCUT2D eigenvalue weighted by Crippen LogP contribution is 2.22. The topological polar surface area (TPSA) is 22.1 Å². The first-order valence-corrected chi connectivity index (χ1v) is 10.1. The van der Waals surface area contributed by atoms with Gasteiger partial charge in [-0.05, 0) is 60.2 Å². The maximum atomic E-state index is 13.8. The van der Waals surface area contributed by atoms with Crippen molar-refractivity contribution in [2.24, 2.45) is 0 Å². The molecule has 0 fully saturated rings. The minimum atomic E-state index is -0.846. The van der Waals surface area contributed by atoms with E-state index in [4.69, 9.17) is 4.74 Å². The molecular weight excluding hydrogens is 392 g/mol. The number of methoxy groups -OCH3 is 1. The Balaban J connectivity index is 1.47. The molecule has 0 amide bonds. The zero-order valence-corrected chi connectivity index (χ0v) is 17.2. The fourth-order valence-electron chi connectivity index (χ4n) is 3.38. The van der Waals surface area contributed by atoms with Crippen molar-refractivity contribution < 1.29 is 13.5 Å². The van der Waals surface area contributed by atoms with Crippen LogP contribution in [0.25, 0.3) is 22.0 Å². The Labute approximate surface area is 180 Å². The summed E-state index contributed by atoms with van der Waals surface area (Å²) in [7, 11) is 1.71. The van der Waals surface area contributed by atoms with Crippen molar-refractivity contribution in [3.63, 3.8) is 0 Å². The lowest BCUT2D eigenvalue weighted by molar-refractivity contribution is 0.195. The van der Waals surface area contributed by atoms with Crippen LogP contribution in [0.2, 0.25) is 0 Å². The molecule has 0 unspecified atom stereocenters. The Hall–Kier alpha value is -3.55.